The van der Waals surface area contributed by atoms with Gasteiger partial charge >= 0.3 is 0 Å². The third-order valence-corrected chi connectivity index (χ3v) is 4.78. The van der Waals surface area contributed by atoms with Crippen molar-refractivity contribution in [2.24, 2.45) is 0 Å². The van der Waals surface area contributed by atoms with E-state index < -0.39 is 0 Å². The van der Waals surface area contributed by atoms with Crippen LogP contribution in [-0.2, 0) is 4.79 Å². The number of amides is 1. The van der Waals surface area contributed by atoms with Crippen LogP contribution >= 0.6 is 11.8 Å². The predicted octanol–water partition coefficient (Wildman–Crippen LogP) is 4.73. The minimum atomic E-state index is -0.330. The molecule has 1 amide bonds. The van der Waals surface area contributed by atoms with Crippen LogP contribution < -0.4 is 4.90 Å². The minimum Gasteiger partial charge on any atom is -0.310 e. The van der Waals surface area contributed by atoms with Gasteiger partial charge in [-0.15, -0.1) is 11.8 Å². The van der Waals surface area contributed by atoms with Crippen molar-refractivity contribution < 1.29 is 9.18 Å². The van der Waals surface area contributed by atoms with Gasteiger partial charge in [0.2, 0.25) is 5.91 Å². The van der Waals surface area contributed by atoms with Crippen LogP contribution in [0.15, 0.2) is 47.4 Å². The standard InChI is InChI=1S/C18H18FNOS/c1-22-17-7-3-2-6-14(17)13-9-10-16(15(19)12-13)20-11-5-4-8-18(20)21/h2-3,6-7,9-10,12H,4-5,8,11H2,1H3. The second-order valence-electron chi connectivity index (χ2n) is 5.37. The summed E-state index contributed by atoms with van der Waals surface area (Å²) >= 11 is 1.64. The van der Waals surface area contributed by atoms with Crippen molar-refractivity contribution in [1.29, 1.82) is 0 Å². The molecule has 3 rings (SSSR count). The van der Waals surface area contributed by atoms with Crippen LogP contribution in [0.5, 0.6) is 0 Å². The quantitative estimate of drug-likeness (QED) is 0.763. The molecule has 1 aliphatic heterocycles. The second-order valence-corrected chi connectivity index (χ2v) is 6.22. The Morgan fingerprint density at radius 3 is 2.68 bits per heavy atom. The van der Waals surface area contributed by atoms with Gasteiger partial charge in [0.05, 0.1) is 5.69 Å². The molecule has 2 aromatic rings. The molecule has 0 aliphatic carbocycles. The lowest BCUT2D eigenvalue weighted by Gasteiger charge is -2.27. The number of piperidine rings is 1. The summed E-state index contributed by atoms with van der Waals surface area (Å²) in [7, 11) is 0. The van der Waals surface area contributed by atoms with Crippen molar-refractivity contribution in [2.75, 3.05) is 17.7 Å². The van der Waals surface area contributed by atoms with Crippen molar-refractivity contribution in [1.82, 2.24) is 0 Å². The fraction of sp³-hybridized carbons (Fsp3) is 0.278. The van der Waals surface area contributed by atoms with E-state index >= 15 is 0 Å². The Hall–Kier alpha value is -1.81. The Labute approximate surface area is 134 Å². The third-order valence-electron chi connectivity index (χ3n) is 3.98. The largest absolute Gasteiger partial charge is 0.310 e. The van der Waals surface area contributed by atoms with E-state index in [2.05, 4.69) is 0 Å². The van der Waals surface area contributed by atoms with E-state index in [9.17, 15) is 9.18 Å². The number of carbonyl (C=O) groups excluding carboxylic acids is 1. The second kappa shape index (κ2) is 6.53. The monoisotopic (exact) mass is 315 g/mol. The summed E-state index contributed by atoms with van der Waals surface area (Å²) in [4.78, 5) is 14.6. The first-order chi connectivity index (χ1) is 10.7. The third kappa shape index (κ3) is 2.88. The normalized spacial score (nSPS) is 15.2. The first-order valence-electron chi connectivity index (χ1n) is 7.44. The molecule has 1 saturated heterocycles. The van der Waals surface area contributed by atoms with E-state index in [1.165, 1.54) is 6.07 Å². The molecule has 0 bridgehead atoms. The van der Waals surface area contributed by atoms with E-state index in [1.54, 1.807) is 22.7 Å². The van der Waals surface area contributed by atoms with Gasteiger partial charge in [-0.2, -0.15) is 0 Å². The molecule has 4 heteroatoms. The minimum absolute atomic E-state index is 0.0161. The fourth-order valence-electron chi connectivity index (χ4n) is 2.84. The van der Waals surface area contributed by atoms with Crippen LogP contribution in [0, 0.1) is 5.82 Å². The first-order valence-corrected chi connectivity index (χ1v) is 8.66. The lowest BCUT2D eigenvalue weighted by atomic mass is 10.0. The molecule has 0 aromatic heterocycles. The van der Waals surface area contributed by atoms with E-state index in [4.69, 9.17) is 0 Å². The lowest BCUT2D eigenvalue weighted by molar-refractivity contribution is -0.119. The molecule has 0 atom stereocenters. The van der Waals surface area contributed by atoms with E-state index in [1.807, 2.05) is 36.6 Å². The van der Waals surface area contributed by atoms with E-state index in [0.717, 1.165) is 28.9 Å². The number of carbonyl (C=O) groups is 1. The summed E-state index contributed by atoms with van der Waals surface area (Å²) in [5, 5.41) is 0. The number of benzene rings is 2. The maximum atomic E-state index is 14.5. The van der Waals surface area contributed by atoms with Crippen molar-refractivity contribution in [3.63, 3.8) is 0 Å². The topological polar surface area (TPSA) is 20.3 Å². The van der Waals surface area contributed by atoms with Crippen LogP contribution in [0.4, 0.5) is 10.1 Å². The van der Waals surface area contributed by atoms with Gasteiger partial charge in [-0.1, -0.05) is 24.3 Å². The zero-order valence-corrected chi connectivity index (χ0v) is 13.3. The molecule has 1 heterocycles. The average molecular weight is 315 g/mol. The van der Waals surface area contributed by atoms with Gasteiger partial charge in [-0.25, -0.2) is 4.39 Å². The van der Waals surface area contributed by atoms with E-state index in [0.29, 0.717) is 18.7 Å². The maximum absolute atomic E-state index is 14.5. The molecule has 2 nitrogen and oxygen atoms in total. The van der Waals surface area contributed by atoms with Gasteiger partial charge in [-0.3, -0.25) is 4.79 Å². The molecular weight excluding hydrogens is 297 g/mol. The van der Waals surface area contributed by atoms with Crippen LogP contribution in [0.25, 0.3) is 11.1 Å². The average Bonchev–Trinajstić information content (AvgIpc) is 2.55. The molecular formula is C18H18FNOS. The number of hydrogen-bond donors (Lipinski definition) is 0. The van der Waals surface area contributed by atoms with Gasteiger partial charge in [-0.05, 0) is 48.4 Å². The van der Waals surface area contributed by atoms with Gasteiger partial charge in [0, 0.05) is 17.9 Å². The Bertz CT molecular complexity index is 701. The molecule has 114 valence electrons. The zero-order chi connectivity index (χ0) is 15.5. The first kappa shape index (κ1) is 15.1. The summed E-state index contributed by atoms with van der Waals surface area (Å²) in [5.41, 5.74) is 2.26. The SMILES string of the molecule is CSc1ccccc1-c1ccc(N2CCCCC2=O)c(F)c1. The van der Waals surface area contributed by atoms with Crippen molar-refractivity contribution in [2.45, 2.75) is 24.2 Å². The Balaban J connectivity index is 1.97. The van der Waals surface area contributed by atoms with E-state index in [-0.39, 0.29) is 11.7 Å². The molecule has 2 aromatic carbocycles. The highest BCUT2D eigenvalue weighted by Crippen LogP contribution is 2.33. The van der Waals surface area contributed by atoms with Crippen LogP contribution in [0.2, 0.25) is 0 Å². The van der Waals surface area contributed by atoms with Gasteiger partial charge in [0.25, 0.3) is 0 Å². The number of rotatable bonds is 3. The Morgan fingerprint density at radius 2 is 1.95 bits per heavy atom. The summed E-state index contributed by atoms with van der Waals surface area (Å²) in [6.07, 6.45) is 4.35. The number of thioether (sulfide) groups is 1. The molecule has 0 spiro atoms. The van der Waals surface area contributed by atoms with Crippen molar-refractivity contribution in [3.05, 3.63) is 48.3 Å². The summed E-state index contributed by atoms with van der Waals surface area (Å²) < 4.78 is 14.5. The van der Waals surface area contributed by atoms with Gasteiger partial charge in [0.1, 0.15) is 5.82 Å². The predicted molar refractivity (Wildman–Crippen MR) is 89.8 cm³/mol. The van der Waals surface area contributed by atoms with Crippen LogP contribution in [0.1, 0.15) is 19.3 Å². The summed E-state index contributed by atoms with van der Waals surface area (Å²) in [6, 6.07) is 13.1. The summed E-state index contributed by atoms with van der Waals surface area (Å²) in [6.45, 7) is 0.608. The highest BCUT2D eigenvalue weighted by atomic mass is 32.2. The number of nitrogens with zero attached hydrogens (tertiary/aromatic N) is 1. The number of hydrogen-bond acceptors (Lipinski definition) is 2. The van der Waals surface area contributed by atoms with Gasteiger partial charge < -0.3 is 4.90 Å². The van der Waals surface area contributed by atoms with Crippen molar-refractivity contribution in [3.8, 4) is 11.1 Å². The Kier molecular flexibility index (Phi) is 4.48. The number of halogens is 1. The zero-order valence-electron chi connectivity index (χ0n) is 12.5. The highest BCUT2D eigenvalue weighted by molar-refractivity contribution is 7.98. The smallest absolute Gasteiger partial charge is 0.227 e. The maximum Gasteiger partial charge on any atom is 0.227 e. The van der Waals surface area contributed by atoms with Crippen LogP contribution in [-0.4, -0.2) is 18.7 Å². The Morgan fingerprint density at radius 1 is 1.14 bits per heavy atom. The molecule has 0 N–H and O–H groups in total. The molecule has 1 aliphatic rings. The fourth-order valence-corrected chi connectivity index (χ4v) is 3.46. The number of anilines is 1. The lowest BCUT2D eigenvalue weighted by Crippen LogP contribution is -2.35. The molecule has 0 unspecified atom stereocenters. The van der Waals surface area contributed by atoms with Gasteiger partial charge in [0.15, 0.2) is 0 Å². The van der Waals surface area contributed by atoms with Crippen molar-refractivity contribution >= 4 is 23.4 Å². The summed E-state index contributed by atoms with van der Waals surface area (Å²) in [5.74, 6) is -0.314. The van der Waals surface area contributed by atoms with Crippen LogP contribution in [0.3, 0.4) is 0 Å². The molecule has 22 heavy (non-hydrogen) atoms. The molecule has 1 fully saturated rings. The molecule has 0 saturated carbocycles. The highest BCUT2D eigenvalue weighted by Gasteiger charge is 2.22. The molecule has 0 radical (unpaired) electrons.